The first-order valence-corrected chi connectivity index (χ1v) is 6.57. The van der Waals surface area contributed by atoms with E-state index in [1.807, 2.05) is 24.6 Å². The van der Waals surface area contributed by atoms with E-state index in [0.29, 0.717) is 19.3 Å². The molecular weight excluding hydrogens is 240 g/mol. The normalized spacial score (nSPS) is 25.2. The number of aliphatic hydroxyl groups excluding tert-OH is 1. The summed E-state index contributed by atoms with van der Waals surface area (Å²) >= 11 is 0. The van der Waals surface area contributed by atoms with Gasteiger partial charge >= 0.3 is 5.97 Å². The van der Waals surface area contributed by atoms with E-state index in [-0.39, 0.29) is 12.1 Å². The van der Waals surface area contributed by atoms with Gasteiger partial charge in [-0.05, 0) is 24.0 Å². The molecule has 2 unspecified atom stereocenters. The van der Waals surface area contributed by atoms with Crippen molar-refractivity contribution in [3.8, 4) is 0 Å². The molecule has 3 heteroatoms. The molecule has 1 aliphatic carbocycles. The summed E-state index contributed by atoms with van der Waals surface area (Å²) in [6.07, 6.45) is 6.83. The van der Waals surface area contributed by atoms with E-state index in [2.05, 4.69) is 12.1 Å². The predicted octanol–water partition coefficient (Wildman–Crippen LogP) is 2.23. The second kappa shape index (κ2) is 6.53. The topological polar surface area (TPSA) is 46.5 Å². The first-order chi connectivity index (χ1) is 9.15. The molecule has 0 amide bonds. The van der Waals surface area contributed by atoms with Crippen molar-refractivity contribution in [3.63, 3.8) is 0 Å². The molecule has 1 N–H and O–H groups in total. The molecule has 3 nitrogen and oxygen atoms in total. The fourth-order valence-corrected chi connectivity index (χ4v) is 2.30. The number of carbonyl (C=O) groups excluding carboxylic acids is 1. The molecule has 0 bridgehead atoms. The van der Waals surface area contributed by atoms with Crippen molar-refractivity contribution >= 4 is 5.97 Å². The van der Waals surface area contributed by atoms with E-state index in [4.69, 9.17) is 4.74 Å². The highest BCUT2D eigenvalue weighted by molar-refractivity contribution is 5.66. The van der Waals surface area contributed by atoms with Gasteiger partial charge in [-0.1, -0.05) is 36.4 Å². The smallest absolute Gasteiger partial charge is 0.302 e. The Morgan fingerprint density at radius 3 is 2.79 bits per heavy atom. The molecule has 1 aromatic carbocycles. The zero-order valence-corrected chi connectivity index (χ0v) is 11.1. The van der Waals surface area contributed by atoms with E-state index in [1.165, 1.54) is 18.1 Å². The Hall–Kier alpha value is -1.61. The molecule has 0 saturated carbocycles. The Morgan fingerprint density at radius 2 is 2.05 bits per heavy atom. The highest BCUT2D eigenvalue weighted by atomic mass is 16.5. The molecule has 2 rings (SSSR count). The lowest BCUT2D eigenvalue weighted by Gasteiger charge is -2.19. The number of hydrogen-bond acceptors (Lipinski definition) is 3. The van der Waals surface area contributed by atoms with E-state index in [9.17, 15) is 9.90 Å². The second-order valence-corrected chi connectivity index (χ2v) is 4.80. The molecule has 19 heavy (non-hydrogen) atoms. The van der Waals surface area contributed by atoms with Gasteiger partial charge in [-0.15, -0.1) is 0 Å². The van der Waals surface area contributed by atoms with Crippen molar-refractivity contribution < 1.29 is 14.6 Å². The number of benzene rings is 1. The average Bonchev–Trinajstić information content (AvgIpc) is 2.36. The Morgan fingerprint density at radius 1 is 1.32 bits per heavy atom. The second-order valence-electron chi connectivity index (χ2n) is 4.80. The number of carbonyl (C=O) groups is 1. The number of hydrogen-bond donors (Lipinski definition) is 1. The van der Waals surface area contributed by atoms with Crippen molar-refractivity contribution in [2.24, 2.45) is 0 Å². The zero-order valence-electron chi connectivity index (χ0n) is 11.1. The molecule has 0 spiro atoms. The quantitative estimate of drug-likeness (QED) is 0.621. The van der Waals surface area contributed by atoms with Gasteiger partial charge in [0.25, 0.3) is 0 Å². The lowest BCUT2D eigenvalue weighted by molar-refractivity contribution is -0.146. The number of fused-ring (bicyclic) bond motifs is 1. The third-order valence-electron chi connectivity index (χ3n) is 3.21. The highest BCUT2D eigenvalue weighted by Gasteiger charge is 2.15. The minimum Gasteiger partial charge on any atom is -0.462 e. The molecule has 0 heterocycles. The molecule has 0 fully saturated rings. The van der Waals surface area contributed by atoms with Crippen molar-refractivity contribution in [3.05, 3.63) is 54.0 Å². The Bertz CT molecular complexity index is 465. The Balaban J connectivity index is 2.22. The molecule has 101 valence electrons. The number of aliphatic hydroxyl groups is 1. The lowest BCUT2D eigenvalue weighted by Crippen LogP contribution is -2.20. The van der Waals surface area contributed by atoms with Gasteiger partial charge in [0, 0.05) is 19.8 Å². The Labute approximate surface area is 113 Å². The van der Waals surface area contributed by atoms with Gasteiger partial charge in [0.05, 0.1) is 6.10 Å². The van der Waals surface area contributed by atoms with Crippen LogP contribution in [0.1, 0.15) is 24.5 Å². The monoisotopic (exact) mass is 259 g/mol. The van der Waals surface area contributed by atoms with E-state index >= 15 is 0 Å². The first-order valence-electron chi connectivity index (χ1n) is 6.57. The SMILES string of the molecule is CC(=O)OC1C/C=C\C(O)[CH]Cc2ccccc2C1. The standard InChI is InChI=1S/C16H19O3/c1-12(17)19-16-8-4-7-15(18)10-9-13-5-2-3-6-14(13)11-16/h2-7,10,15-16,18H,8-9,11H2,1H3/b7-4-. The van der Waals surface area contributed by atoms with Crippen LogP contribution in [0.25, 0.3) is 0 Å². The van der Waals surface area contributed by atoms with Gasteiger partial charge in [0.15, 0.2) is 0 Å². The molecule has 2 atom stereocenters. The summed E-state index contributed by atoms with van der Waals surface area (Å²) in [5.74, 6) is -0.264. The number of rotatable bonds is 1. The summed E-state index contributed by atoms with van der Waals surface area (Å²) in [4.78, 5) is 11.1. The zero-order chi connectivity index (χ0) is 13.7. The van der Waals surface area contributed by atoms with Gasteiger partial charge < -0.3 is 9.84 Å². The van der Waals surface area contributed by atoms with Gasteiger partial charge in [0.2, 0.25) is 0 Å². The molecule has 0 saturated heterocycles. The van der Waals surface area contributed by atoms with Crippen molar-refractivity contribution in [1.29, 1.82) is 0 Å². The van der Waals surface area contributed by atoms with Gasteiger partial charge in [0.1, 0.15) is 6.10 Å². The van der Waals surface area contributed by atoms with Gasteiger partial charge in [-0.25, -0.2) is 0 Å². The van der Waals surface area contributed by atoms with Crippen LogP contribution in [-0.2, 0) is 22.4 Å². The largest absolute Gasteiger partial charge is 0.462 e. The van der Waals surface area contributed by atoms with Crippen LogP contribution in [0.15, 0.2) is 36.4 Å². The summed E-state index contributed by atoms with van der Waals surface area (Å²) in [7, 11) is 0. The maximum atomic E-state index is 11.1. The van der Waals surface area contributed by atoms with Crippen LogP contribution in [0.2, 0.25) is 0 Å². The summed E-state index contributed by atoms with van der Waals surface area (Å²) in [6, 6.07) is 8.08. The summed E-state index contributed by atoms with van der Waals surface area (Å²) in [5, 5.41) is 9.77. The van der Waals surface area contributed by atoms with Crippen LogP contribution in [0, 0.1) is 6.42 Å². The summed E-state index contributed by atoms with van der Waals surface area (Å²) in [5.41, 5.74) is 2.35. The van der Waals surface area contributed by atoms with E-state index in [1.54, 1.807) is 6.08 Å². The minimum atomic E-state index is -0.552. The molecule has 1 aliphatic rings. The minimum absolute atomic E-state index is 0.166. The molecule has 0 aliphatic heterocycles. The molecule has 1 radical (unpaired) electrons. The van der Waals surface area contributed by atoms with Crippen LogP contribution >= 0.6 is 0 Å². The van der Waals surface area contributed by atoms with Crippen LogP contribution in [-0.4, -0.2) is 23.3 Å². The average molecular weight is 259 g/mol. The third kappa shape index (κ3) is 4.21. The fourth-order valence-electron chi connectivity index (χ4n) is 2.30. The molecule has 1 aromatic rings. The summed E-state index contributed by atoms with van der Waals surface area (Å²) < 4.78 is 5.33. The van der Waals surface area contributed by atoms with Crippen LogP contribution < -0.4 is 0 Å². The van der Waals surface area contributed by atoms with E-state index < -0.39 is 6.10 Å². The third-order valence-corrected chi connectivity index (χ3v) is 3.21. The molecular formula is C16H19O3. The van der Waals surface area contributed by atoms with Gasteiger partial charge in [-0.2, -0.15) is 0 Å². The van der Waals surface area contributed by atoms with E-state index in [0.717, 1.165) is 0 Å². The van der Waals surface area contributed by atoms with Crippen LogP contribution in [0.5, 0.6) is 0 Å². The van der Waals surface area contributed by atoms with Crippen molar-refractivity contribution in [2.75, 3.05) is 0 Å². The maximum Gasteiger partial charge on any atom is 0.302 e. The predicted molar refractivity (Wildman–Crippen MR) is 73.5 cm³/mol. The maximum absolute atomic E-state index is 11.1. The molecule has 0 aromatic heterocycles. The van der Waals surface area contributed by atoms with Crippen LogP contribution in [0.3, 0.4) is 0 Å². The van der Waals surface area contributed by atoms with Crippen LogP contribution in [0.4, 0.5) is 0 Å². The highest BCUT2D eigenvalue weighted by Crippen LogP contribution is 2.18. The number of ether oxygens (including phenoxy) is 1. The van der Waals surface area contributed by atoms with Gasteiger partial charge in [-0.3, -0.25) is 4.79 Å². The Kier molecular flexibility index (Phi) is 4.74. The van der Waals surface area contributed by atoms with Crippen molar-refractivity contribution in [2.45, 2.75) is 38.4 Å². The number of esters is 1. The lowest BCUT2D eigenvalue weighted by atomic mass is 9.94. The summed E-state index contributed by atoms with van der Waals surface area (Å²) in [6.45, 7) is 1.43. The fraction of sp³-hybridized carbons (Fsp3) is 0.375. The van der Waals surface area contributed by atoms with Crippen molar-refractivity contribution in [1.82, 2.24) is 0 Å². The first kappa shape index (κ1) is 13.8.